The summed E-state index contributed by atoms with van der Waals surface area (Å²) in [7, 11) is 0. The number of amides is 1. The quantitative estimate of drug-likeness (QED) is 0.734. The summed E-state index contributed by atoms with van der Waals surface area (Å²) >= 11 is 5.90. The lowest BCUT2D eigenvalue weighted by Crippen LogP contribution is -2.17. The van der Waals surface area contributed by atoms with Gasteiger partial charge in [0.2, 0.25) is 5.91 Å². The van der Waals surface area contributed by atoms with E-state index in [1.165, 1.54) is 12.1 Å². The van der Waals surface area contributed by atoms with E-state index in [4.69, 9.17) is 11.6 Å². The van der Waals surface area contributed by atoms with E-state index in [0.29, 0.717) is 28.2 Å². The van der Waals surface area contributed by atoms with Crippen molar-refractivity contribution in [3.8, 4) is 0 Å². The fraction of sp³-hybridized carbons (Fsp3) is 0.158. The normalized spacial score (nSPS) is 10.8. The summed E-state index contributed by atoms with van der Waals surface area (Å²) in [4.78, 5) is 26.9. The van der Waals surface area contributed by atoms with E-state index in [9.17, 15) is 14.0 Å². The number of nitrogens with one attached hydrogen (secondary N) is 2. The van der Waals surface area contributed by atoms with Crippen LogP contribution in [0.25, 0.3) is 10.9 Å². The average molecular weight is 359 g/mol. The molecule has 0 spiro atoms. The molecule has 0 aliphatic carbocycles. The standard InChI is InChI=1S/C19H16ClFN2O2/c1-11-8-14(20)4-6-16(11)22-18(24)7-3-13-9-12-2-5-15(21)10-17(12)23-19(13)25/h2,4-6,8-10H,3,7H2,1H3,(H,22,24)(H,23,25). The van der Waals surface area contributed by atoms with Crippen LogP contribution in [0.3, 0.4) is 0 Å². The molecule has 1 heterocycles. The van der Waals surface area contributed by atoms with Crippen LogP contribution in [0.1, 0.15) is 17.5 Å². The van der Waals surface area contributed by atoms with E-state index >= 15 is 0 Å². The average Bonchev–Trinajstić information content (AvgIpc) is 2.55. The number of benzene rings is 2. The van der Waals surface area contributed by atoms with E-state index in [1.54, 1.807) is 30.3 Å². The van der Waals surface area contributed by atoms with E-state index in [0.717, 1.165) is 10.9 Å². The number of anilines is 1. The summed E-state index contributed by atoms with van der Waals surface area (Å²) in [6, 6.07) is 11.1. The van der Waals surface area contributed by atoms with Gasteiger partial charge < -0.3 is 10.3 Å². The summed E-state index contributed by atoms with van der Waals surface area (Å²) in [6.45, 7) is 1.86. The van der Waals surface area contributed by atoms with Gasteiger partial charge in [0, 0.05) is 22.7 Å². The molecule has 2 aromatic carbocycles. The van der Waals surface area contributed by atoms with Crippen molar-refractivity contribution < 1.29 is 9.18 Å². The molecule has 128 valence electrons. The predicted molar refractivity (Wildman–Crippen MR) is 97.7 cm³/mol. The SMILES string of the molecule is Cc1cc(Cl)ccc1NC(=O)CCc1cc2ccc(F)cc2[nH]c1=O. The van der Waals surface area contributed by atoms with Crippen LogP contribution in [0, 0.1) is 12.7 Å². The van der Waals surface area contributed by atoms with Crippen molar-refractivity contribution in [2.45, 2.75) is 19.8 Å². The minimum atomic E-state index is -0.409. The van der Waals surface area contributed by atoms with Crippen LogP contribution in [0.15, 0.2) is 47.3 Å². The Hall–Kier alpha value is -2.66. The van der Waals surface area contributed by atoms with Gasteiger partial charge in [-0.15, -0.1) is 0 Å². The number of hydrogen-bond donors (Lipinski definition) is 2. The minimum absolute atomic E-state index is 0.165. The van der Waals surface area contributed by atoms with Gasteiger partial charge in [-0.25, -0.2) is 4.39 Å². The first kappa shape index (κ1) is 17.2. The smallest absolute Gasteiger partial charge is 0.251 e. The second-order valence-corrected chi connectivity index (χ2v) is 6.30. The number of carbonyl (C=O) groups is 1. The van der Waals surface area contributed by atoms with Crippen molar-refractivity contribution in [2.24, 2.45) is 0 Å². The number of hydrogen-bond acceptors (Lipinski definition) is 2. The molecular weight excluding hydrogens is 343 g/mol. The van der Waals surface area contributed by atoms with Crippen molar-refractivity contribution in [3.05, 3.63) is 74.8 Å². The number of carbonyl (C=O) groups excluding carboxylic acids is 1. The zero-order valence-electron chi connectivity index (χ0n) is 13.5. The third kappa shape index (κ3) is 4.06. The van der Waals surface area contributed by atoms with Gasteiger partial charge in [0.15, 0.2) is 0 Å². The molecule has 0 radical (unpaired) electrons. The third-order valence-corrected chi connectivity index (χ3v) is 4.20. The molecule has 6 heteroatoms. The molecule has 2 N–H and O–H groups in total. The fourth-order valence-electron chi connectivity index (χ4n) is 2.63. The number of pyridine rings is 1. The highest BCUT2D eigenvalue weighted by molar-refractivity contribution is 6.30. The fourth-order valence-corrected chi connectivity index (χ4v) is 2.86. The van der Waals surface area contributed by atoms with Gasteiger partial charge in [0.1, 0.15) is 5.82 Å². The molecule has 3 aromatic rings. The summed E-state index contributed by atoms with van der Waals surface area (Å²) in [5.41, 5.74) is 2.18. The lowest BCUT2D eigenvalue weighted by atomic mass is 10.1. The van der Waals surface area contributed by atoms with Gasteiger partial charge in [-0.3, -0.25) is 9.59 Å². The molecule has 0 unspecified atom stereocenters. The highest BCUT2D eigenvalue weighted by Gasteiger charge is 2.09. The second-order valence-electron chi connectivity index (χ2n) is 5.86. The van der Waals surface area contributed by atoms with Gasteiger partial charge in [-0.2, -0.15) is 0 Å². The Morgan fingerprint density at radius 3 is 2.76 bits per heavy atom. The van der Waals surface area contributed by atoms with E-state index in [1.807, 2.05) is 6.92 Å². The number of aromatic nitrogens is 1. The van der Waals surface area contributed by atoms with Crippen LogP contribution in [0.4, 0.5) is 10.1 Å². The summed E-state index contributed by atoms with van der Waals surface area (Å²) in [5.74, 6) is -0.599. The first-order valence-electron chi connectivity index (χ1n) is 7.80. The number of halogens is 2. The Balaban J connectivity index is 1.71. The first-order chi connectivity index (χ1) is 11.9. The summed E-state index contributed by atoms with van der Waals surface area (Å²) < 4.78 is 13.2. The van der Waals surface area contributed by atoms with Gasteiger partial charge in [0.05, 0.1) is 5.52 Å². The molecule has 0 saturated carbocycles. The van der Waals surface area contributed by atoms with Crippen LogP contribution in [0.2, 0.25) is 5.02 Å². The monoisotopic (exact) mass is 358 g/mol. The van der Waals surface area contributed by atoms with E-state index < -0.39 is 5.82 Å². The van der Waals surface area contributed by atoms with Crippen molar-refractivity contribution in [3.63, 3.8) is 0 Å². The lowest BCUT2D eigenvalue weighted by molar-refractivity contribution is -0.116. The zero-order valence-corrected chi connectivity index (χ0v) is 14.3. The Morgan fingerprint density at radius 1 is 1.20 bits per heavy atom. The van der Waals surface area contributed by atoms with Crippen molar-refractivity contribution in [2.75, 3.05) is 5.32 Å². The van der Waals surface area contributed by atoms with Crippen LogP contribution in [0.5, 0.6) is 0 Å². The lowest BCUT2D eigenvalue weighted by Gasteiger charge is -2.09. The van der Waals surface area contributed by atoms with Gasteiger partial charge in [-0.1, -0.05) is 11.6 Å². The van der Waals surface area contributed by atoms with Gasteiger partial charge in [0.25, 0.3) is 5.56 Å². The summed E-state index contributed by atoms with van der Waals surface area (Å²) in [5, 5.41) is 4.15. The molecule has 25 heavy (non-hydrogen) atoms. The Bertz CT molecular complexity index is 1010. The molecule has 0 fully saturated rings. The molecule has 1 aromatic heterocycles. The van der Waals surface area contributed by atoms with Crippen molar-refractivity contribution in [1.29, 1.82) is 0 Å². The highest BCUT2D eigenvalue weighted by Crippen LogP contribution is 2.20. The maximum atomic E-state index is 13.2. The highest BCUT2D eigenvalue weighted by atomic mass is 35.5. The Morgan fingerprint density at radius 2 is 2.00 bits per heavy atom. The van der Waals surface area contributed by atoms with E-state index in [-0.39, 0.29) is 17.9 Å². The molecule has 4 nitrogen and oxygen atoms in total. The molecular formula is C19H16ClFN2O2. The van der Waals surface area contributed by atoms with Crippen LogP contribution < -0.4 is 10.9 Å². The maximum Gasteiger partial charge on any atom is 0.251 e. The molecule has 0 aliphatic heterocycles. The Labute approximate surface area is 148 Å². The molecule has 0 aliphatic rings. The summed E-state index contributed by atoms with van der Waals surface area (Å²) in [6.07, 6.45) is 0.457. The van der Waals surface area contributed by atoms with Crippen molar-refractivity contribution in [1.82, 2.24) is 4.98 Å². The minimum Gasteiger partial charge on any atom is -0.326 e. The van der Waals surface area contributed by atoms with Crippen LogP contribution >= 0.6 is 11.6 Å². The number of fused-ring (bicyclic) bond motifs is 1. The Kier molecular flexibility index (Phi) is 4.86. The third-order valence-electron chi connectivity index (χ3n) is 3.97. The van der Waals surface area contributed by atoms with Crippen molar-refractivity contribution >= 4 is 34.1 Å². The number of H-pyrrole nitrogens is 1. The molecule has 0 atom stereocenters. The molecule has 0 saturated heterocycles. The molecule has 1 amide bonds. The maximum absolute atomic E-state index is 13.2. The molecule has 3 rings (SSSR count). The zero-order chi connectivity index (χ0) is 18.0. The topological polar surface area (TPSA) is 62.0 Å². The number of rotatable bonds is 4. The largest absolute Gasteiger partial charge is 0.326 e. The van der Waals surface area contributed by atoms with Crippen LogP contribution in [-0.2, 0) is 11.2 Å². The molecule has 0 bridgehead atoms. The van der Waals surface area contributed by atoms with Gasteiger partial charge >= 0.3 is 0 Å². The van der Waals surface area contributed by atoms with Gasteiger partial charge in [-0.05, 0) is 66.8 Å². The number of aryl methyl sites for hydroxylation is 2. The first-order valence-corrected chi connectivity index (χ1v) is 8.17. The predicted octanol–water partition coefficient (Wildman–Crippen LogP) is 4.20. The van der Waals surface area contributed by atoms with E-state index in [2.05, 4.69) is 10.3 Å². The van der Waals surface area contributed by atoms with Crippen LogP contribution in [-0.4, -0.2) is 10.9 Å². The second kappa shape index (κ2) is 7.07. The number of aromatic amines is 1.